The number of rotatable bonds is 7. The lowest BCUT2D eigenvalue weighted by molar-refractivity contribution is 0.236. The zero-order valence-electron chi connectivity index (χ0n) is 11.9. The zero-order chi connectivity index (χ0) is 13.3. The van der Waals surface area contributed by atoms with Gasteiger partial charge in [0.25, 0.3) is 0 Å². The molecule has 19 heavy (non-hydrogen) atoms. The number of benzene rings is 1. The fraction of sp³-hybridized carbons (Fsp3) is 0.625. The van der Waals surface area contributed by atoms with E-state index in [0.717, 1.165) is 50.0 Å². The van der Waals surface area contributed by atoms with Gasteiger partial charge in [-0.25, -0.2) is 0 Å². The predicted molar refractivity (Wildman–Crippen MR) is 77.9 cm³/mol. The molecular formula is C16H25NO2. The molecule has 0 saturated carbocycles. The summed E-state index contributed by atoms with van der Waals surface area (Å²) in [6.07, 6.45) is 4.75. The van der Waals surface area contributed by atoms with E-state index in [0.29, 0.717) is 0 Å². The van der Waals surface area contributed by atoms with Crippen LogP contribution in [0, 0.1) is 5.92 Å². The molecule has 3 nitrogen and oxygen atoms in total. The van der Waals surface area contributed by atoms with E-state index in [4.69, 9.17) is 9.47 Å². The molecule has 1 fully saturated rings. The van der Waals surface area contributed by atoms with Gasteiger partial charge in [0.05, 0.1) is 13.2 Å². The predicted octanol–water partition coefficient (Wildman–Crippen LogP) is 3.24. The summed E-state index contributed by atoms with van der Waals surface area (Å²) in [5.41, 5.74) is 0. The van der Waals surface area contributed by atoms with Crippen molar-refractivity contribution in [1.29, 1.82) is 0 Å². The Morgan fingerprint density at radius 2 is 1.89 bits per heavy atom. The smallest absolute Gasteiger partial charge is 0.161 e. The van der Waals surface area contributed by atoms with E-state index >= 15 is 0 Å². The Labute approximate surface area is 116 Å². The summed E-state index contributed by atoms with van der Waals surface area (Å²) in [5, 5.41) is 3.44. The molecule has 2 rings (SSSR count). The number of ether oxygens (including phenoxy) is 2. The van der Waals surface area contributed by atoms with Crippen molar-refractivity contribution in [2.45, 2.75) is 32.6 Å². The van der Waals surface area contributed by atoms with E-state index in [-0.39, 0.29) is 0 Å². The monoisotopic (exact) mass is 263 g/mol. The molecule has 0 aromatic heterocycles. The lowest BCUT2D eigenvalue weighted by Crippen LogP contribution is -2.30. The Kier molecular flexibility index (Phi) is 6.02. The highest BCUT2D eigenvalue weighted by molar-refractivity contribution is 5.39. The van der Waals surface area contributed by atoms with Gasteiger partial charge in [0, 0.05) is 0 Å². The normalized spacial score (nSPS) is 19.1. The van der Waals surface area contributed by atoms with Crippen LogP contribution in [0.15, 0.2) is 24.3 Å². The first-order chi connectivity index (χ1) is 9.40. The molecule has 1 saturated heterocycles. The molecular weight excluding hydrogens is 238 g/mol. The van der Waals surface area contributed by atoms with E-state index < -0.39 is 0 Å². The van der Waals surface area contributed by atoms with Gasteiger partial charge in [0.1, 0.15) is 0 Å². The standard InChI is InChI=1S/C16H25NO2/c1-2-11-18-15-7-3-4-8-16(15)19-12-9-14-6-5-10-17-13-14/h3-4,7-8,14,17H,2,5-6,9-13H2,1H3. The quantitative estimate of drug-likeness (QED) is 0.819. The molecule has 1 aromatic rings. The SMILES string of the molecule is CCCOc1ccccc1OCCC1CCCNC1. The summed E-state index contributed by atoms with van der Waals surface area (Å²) in [5.74, 6) is 2.50. The summed E-state index contributed by atoms with van der Waals surface area (Å²) in [6, 6.07) is 7.95. The summed E-state index contributed by atoms with van der Waals surface area (Å²) in [7, 11) is 0. The number of nitrogens with one attached hydrogen (secondary N) is 1. The van der Waals surface area contributed by atoms with Crippen molar-refractivity contribution in [2.75, 3.05) is 26.3 Å². The van der Waals surface area contributed by atoms with Crippen LogP contribution in [-0.2, 0) is 0 Å². The Morgan fingerprint density at radius 3 is 2.53 bits per heavy atom. The molecule has 0 spiro atoms. The molecule has 1 aromatic carbocycles. The fourth-order valence-electron chi connectivity index (χ4n) is 2.41. The van der Waals surface area contributed by atoms with E-state index in [1.807, 2.05) is 24.3 Å². The highest BCUT2D eigenvalue weighted by atomic mass is 16.5. The number of para-hydroxylation sites is 2. The van der Waals surface area contributed by atoms with Crippen molar-refractivity contribution in [2.24, 2.45) is 5.92 Å². The minimum absolute atomic E-state index is 0.743. The van der Waals surface area contributed by atoms with Crippen LogP contribution in [0.2, 0.25) is 0 Å². The van der Waals surface area contributed by atoms with Crippen LogP contribution >= 0.6 is 0 Å². The van der Waals surface area contributed by atoms with Gasteiger partial charge in [-0.3, -0.25) is 0 Å². The first kappa shape index (κ1) is 14.2. The third-order valence-corrected chi connectivity index (χ3v) is 3.49. The summed E-state index contributed by atoms with van der Waals surface area (Å²) in [6.45, 7) is 5.94. The Balaban J connectivity index is 1.77. The van der Waals surface area contributed by atoms with Crippen LogP contribution in [0.4, 0.5) is 0 Å². The average molecular weight is 263 g/mol. The van der Waals surface area contributed by atoms with Crippen molar-refractivity contribution in [3.63, 3.8) is 0 Å². The Hall–Kier alpha value is -1.22. The molecule has 0 aliphatic carbocycles. The summed E-state index contributed by atoms with van der Waals surface area (Å²) in [4.78, 5) is 0. The van der Waals surface area contributed by atoms with Gasteiger partial charge in [-0.15, -0.1) is 0 Å². The van der Waals surface area contributed by atoms with Crippen molar-refractivity contribution in [1.82, 2.24) is 5.32 Å². The van der Waals surface area contributed by atoms with Crippen LogP contribution in [0.1, 0.15) is 32.6 Å². The van der Waals surface area contributed by atoms with Gasteiger partial charge < -0.3 is 14.8 Å². The Bertz CT molecular complexity index is 362. The third kappa shape index (κ3) is 4.75. The van der Waals surface area contributed by atoms with Crippen LogP contribution in [0.3, 0.4) is 0 Å². The van der Waals surface area contributed by atoms with Crippen molar-refractivity contribution >= 4 is 0 Å². The maximum Gasteiger partial charge on any atom is 0.161 e. The van der Waals surface area contributed by atoms with Crippen molar-refractivity contribution < 1.29 is 9.47 Å². The Morgan fingerprint density at radius 1 is 1.16 bits per heavy atom. The molecule has 1 unspecified atom stereocenters. The molecule has 1 atom stereocenters. The van der Waals surface area contributed by atoms with Gasteiger partial charge in [-0.2, -0.15) is 0 Å². The second kappa shape index (κ2) is 8.05. The lowest BCUT2D eigenvalue weighted by atomic mass is 9.97. The largest absolute Gasteiger partial charge is 0.490 e. The minimum atomic E-state index is 0.743. The van der Waals surface area contributed by atoms with Crippen molar-refractivity contribution in [3.05, 3.63) is 24.3 Å². The second-order valence-electron chi connectivity index (χ2n) is 5.14. The lowest BCUT2D eigenvalue weighted by Gasteiger charge is -2.22. The number of hydrogen-bond acceptors (Lipinski definition) is 3. The van der Waals surface area contributed by atoms with E-state index in [2.05, 4.69) is 12.2 Å². The average Bonchev–Trinajstić information content (AvgIpc) is 2.47. The zero-order valence-corrected chi connectivity index (χ0v) is 11.9. The van der Waals surface area contributed by atoms with Gasteiger partial charge in [0.15, 0.2) is 11.5 Å². The molecule has 1 heterocycles. The molecule has 1 aliphatic rings. The fourth-order valence-corrected chi connectivity index (χ4v) is 2.41. The summed E-state index contributed by atoms with van der Waals surface area (Å²) < 4.78 is 11.6. The molecule has 0 radical (unpaired) electrons. The maximum absolute atomic E-state index is 5.88. The van der Waals surface area contributed by atoms with E-state index in [1.165, 1.54) is 19.4 Å². The number of piperidine rings is 1. The molecule has 3 heteroatoms. The molecule has 0 amide bonds. The summed E-state index contributed by atoms with van der Waals surface area (Å²) >= 11 is 0. The van der Waals surface area contributed by atoms with Crippen LogP contribution in [0.25, 0.3) is 0 Å². The van der Waals surface area contributed by atoms with E-state index in [1.54, 1.807) is 0 Å². The first-order valence-electron chi connectivity index (χ1n) is 7.45. The van der Waals surface area contributed by atoms with Crippen molar-refractivity contribution in [3.8, 4) is 11.5 Å². The third-order valence-electron chi connectivity index (χ3n) is 3.49. The van der Waals surface area contributed by atoms with Gasteiger partial charge in [0.2, 0.25) is 0 Å². The maximum atomic E-state index is 5.88. The molecule has 1 N–H and O–H groups in total. The topological polar surface area (TPSA) is 30.5 Å². The molecule has 1 aliphatic heterocycles. The van der Waals surface area contributed by atoms with Crippen LogP contribution < -0.4 is 14.8 Å². The van der Waals surface area contributed by atoms with E-state index in [9.17, 15) is 0 Å². The molecule has 0 bridgehead atoms. The second-order valence-corrected chi connectivity index (χ2v) is 5.14. The van der Waals surface area contributed by atoms with Crippen LogP contribution in [-0.4, -0.2) is 26.3 Å². The van der Waals surface area contributed by atoms with Gasteiger partial charge >= 0.3 is 0 Å². The van der Waals surface area contributed by atoms with Crippen LogP contribution in [0.5, 0.6) is 11.5 Å². The van der Waals surface area contributed by atoms with Gasteiger partial charge in [-0.05, 0) is 56.8 Å². The minimum Gasteiger partial charge on any atom is -0.490 e. The molecule has 106 valence electrons. The highest BCUT2D eigenvalue weighted by Gasteiger charge is 2.13. The first-order valence-corrected chi connectivity index (χ1v) is 7.45. The highest BCUT2D eigenvalue weighted by Crippen LogP contribution is 2.27. The van der Waals surface area contributed by atoms with Gasteiger partial charge in [-0.1, -0.05) is 19.1 Å². The number of hydrogen-bond donors (Lipinski definition) is 1.